The third-order valence-corrected chi connectivity index (χ3v) is 6.50. The van der Waals surface area contributed by atoms with Gasteiger partial charge in [-0.05, 0) is 66.6 Å². The Morgan fingerprint density at radius 1 is 1.03 bits per heavy atom. The van der Waals surface area contributed by atoms with Gasteiger partial charge < -0.3 is 25.0 Å². The maximum Gasteiger partial charge on any atom is 0.262 e. The van der Waals surface area contributed by atoms with Gasteiger partial charge in [-0.2, -0.15) is 0 Å². The first-order chi connectivity index (χ1) is 17.8. The van der Waals surface area contributed by atoms with Crippen molar-refractivity contribution in [3.63, 3.8) is 0 Å². The maximum atomic E-state index is 12.7. The standard InChI is InChI=1S/C28H28ClN3O5/c1-18-3-6-21(14-25(18)29)31-26(33)17-37-24-11-7-22(8-12-24)32-16-20(13-27(32)34)28(35)30-15-19-4-9-23(36-2)10-5-19/h3-12,14,20H,13,15-17H2,1-2H3,(H,30,35)(H,31,33)/t20-/m0/s1. The summed E-state index contributed by atoms with van der Waals surface area (Å²) in [6.07, 6.45) is 0.149. The SMILES string of the molecule is COc1ccc(CNC(=O)[C@H]2CC(=O)N(c3ccc(OCC(=O)Nc4ccc(C)c(Cl)c4)cc3)C2)cc1. The predicted molar refractivity (Wildman–Crippen MR) is 142 cm³/mol. The van der Waals surface area contributed by atoms with Crippen molar-refractivity contribution < 1.29 is 23.9 Å². The van der Waals surface area contributed by atoms with Gasteiger partial charge in [0.1, 0.15) is 11.5 Å². The molecule has 2 N–H and O–H groups in total. The summed E-state index contributed by atoms with van der Waals surface area (Å²) in [5.74, 6) is 0.213. The van der Waals surface area contributed by atoms with Crippen molar-refractivity contribution in [1.29, 1.82) is 0 Å². The van der Waals surface area contributed by atoms with Crippen LogP contribution < -0.4 is 25.0 Å². The largest absolute Gasteiger partial charge is 0.497 e. The summed E-state index contributed by atoms with van der Waals surface area (Å²) in [6, 6.07) is 19.6. The van der Waals surface area contributed by atoms with Crippen molar-refractivity contribution in [1.82, 2.24) is 5.32 Å². The second kappa shape index (κ2) is 11.8. The Morgan fingerprint density at radius 2 is 1.73 bits per heavy atom. The zero-order valence-corrected chi connectivity index (χ0v) is 21.4. The number of carbonyl (C=O) groups excluding carboxylic acids is 3. The number of nitrogens with one attached hydrogen (secondary N) is 2. The van der Waals surface area contributed by atoms with Gasteiger partial charge in [-0.15, -0.1) is 0 Å². The van der Waals surface area contributed by atoms with Gasteiger partial charge in [-0.1, -0.05) is 29.8 Å². The minimum Gasteiger partial charge on any atom is -0.497 e. The number of benzene rings is 3. The van der Waals surface area contributed by atoms with Crippen molar-refractivity contribution in [2.75, 3.05) is 30.5 Å². The van der Waals surface area contributed by atoms with E-state index in [2.05, 4.69) is 10.6 Å². The molecule has 1 atom stereocenters. The molecule has 3 amide bonds. The lowest BCUT2D eigenvalue weighted by molar-refractivity contribution is -0.126. The molecule has 0 unspecified atom stereocenters. The molecule has 4 rings (SSSR count). The lowest BCUT2D eigenvalue weighted by atomic mass is 10.1. The number of rotatable bonds is 9. The summed E-state index contributed by atoms with van der Waals surface area (Å²) < 4.78 is 10.7. The van der Waals surface area contributed by atoms with E-state index in [4.69, 9.17) is 21.1 Å². The first kappa shape index (κ1) is 26.0. The highest BCUT2D eigenvalue weighted by Gasteiger charge is 2.35. The second-order valence-corrected chi connectivity index (χ2v) is 9.17. The number of ether oxygens (including phenoxy) is 2. The van der Waals surface area contributed by atoms with E-state index in [1.54, 1.807) is 48.4 Å². The van der Waals surface area contributed by atoms with Crippen LogP contribution in [0.2, 0.25) is 5.02 Å². The number of hydrogen-bond donors (Lipinski definition) is 2. The number of halogens is 1. The Kier molecular flexibility index (Phi) is 8.30. The summed E-state index contributed by atoms with van der Waals surface area (Å²) in [7, 11) is 1.60. The van der Waals surface area contributed by atoms with Crippen LogP contribution in [0.1, 0.15) is 17.5 Å². The first-order valence-electron chi connectivity index (χ1n) is 11.8. The van der Waals surface area contributed by atoms with E-state index in [0.717, 1.165) is 16.9 Å². The van der Waals surface area contributed by atoms with Crippen LogP contribution in [-0.2, 0) is 20.9 Å². The van der Waals surface area contributed by atoms with E-state index in [9.17, 15) is 14.4 Å². The Morgan fingerprint density at radius 3 is 2.41 bits per heavy atom. The van der Waals surface area contributed by atoms with Crippen LogP contribution in [0.25, 0.3) is 0 Å². The van der Waals surface area contributed by atoms with Crippen LogP contribution in [0.4, 0.5) is 11.4 Å². The van der Waals surface area contributed by atoms with Gasteiger partial charge in [0, 0.05) is 35.9 Å². The summed E-state index contributed by atoms with van der Waals surface area (Å²) in [5.41, 5.74) is 3.13. The summed E-state index contributed by atoms with van der Waals surface area (Å²) in [4.78, 5) is 39.0. The van der Waals surface area contributed by atoms with Crippen LogP contribution in [0, 0.1) is 12.8 Å². The minimum absolute atomic E-state index is 0.116. The van der Waals surface area contributed by atoms with E-state index in [1.807, 2.05) is 37.3 Å². The fourth-order valence-corrected chi connectivity index (χ4v) is 4.13. The van der Waals surface area contributed by atoms with Crippen LogP contribution in [0.15, 0.2) is 66.7 Å². The average molecular weight is 522 g/mol. The molecule has 1 saturated heterocycles. The number of carbonyl (C=O) groups is 3. The van der Waals surface area contributed by atoms with Crippen LogP contribution in [0.5, 0.6) is 11.5 Å². The van der Waals surface area contributed by atoms with Crippen molar-refractivity contribution >= 4 is 40.7 Å². The average Bonchev–Trinajstić information content (AvgIpc) is 3.30. The highest BCUT2D eigenvalue weighted by Crippen LogP contribution is 2.27. The Bertz CT molecular complexity index is 1280. The highest BCUT2D eigenvalue weighted by molar-refractivity contribution is 6.31. The number of anilines is 2. The summed E-state index contributed by atoms with van der Waals surface area (Å²) >= 11 is 6.09. The quantitative estimate of drug-likeness (QED) is 0.436. The molecule has 8 nitrogen and oxygen atoms in total. The number of amides is 3. The fourth-order valence-electron chi connectivity index (χ4n) is 3.95. The fraction of sp³-hybridized carbons (Fsp3) is 0.250. The van der Waals surface area contributed by atoms with E-state index >= 15 is 0 Å². The molecule has 0 spiro atoms. The van der Waals surface area contributed by atoms with Crippen molar-refractivity contribution in [2.45, 2.75) is 19.9 Å². The van der Waals surface area contributed by atoms with Crippen molar-refractivity contribution in [2.24, 2.45) is 5.92 Å². The molecule has 9 heteroatoms. The molecule has 192 valence electrons. The Labute approximate surface area is 220 Å². The monoisotopic (exact) mass is 521 g/mol. The van der Waals surface area contributed by atoms with Gasteiger partial charge in [0.25, 0.3) is 5.91 Å². The van der Waals surface area contributed by atoms with E-state index in [1.165, 1.54) is 0 Å². The lowest BCUT2D eigenvalue weighted by Crippen LogP contribution is -2.32. The van der Waals surface area contributed by atoms with Crippen molar-refractivity contribution in [3.05, 3.63) is 82.9 Å². The zero-order valence-electron chi connectivity index (χ0n) is 20.6. The molecule has 1 heterocycles. The molecule has 3 aromatic carbocycles. The molecule has 0 aliphatic carbocycles. The van der Waals surface area contributed by atoms with E-state index in [-0.39, 0.29) is 30.7 Å². The van der Waals surface area contributed by atoms with Crippen LogP contribution in [0.3, 0.4) is 0 Å². The Balaban J connectivity index is 1.26. The normalized spacial score (nSPS) is 14.8. The van der Waals surface area contributed by atoms with Gasteiger partial charge in [-0.3, -0.25) is 14.4 Å². The van der Waals surface area contributed by atoms with Crippen molar-refractivity contribution in [3.8, 4) is 11.5 Å². The number of aryl methyl sites for hydroxylation is 1. The predicted octanol–water partition coefficient (Wildman–Crippen LogP) is 4.34. The summed E-state index contributed by atoms with van der Waals surface area (Å²) in [5, 5.41) is 6.22. The van der Waals surface area contributed by atoms with Gasteiger partial charge >= 0.3 is 0 Å². The molecular formula is C28H28ClN3O5. The zero-order chi connectivity index (χ0) is 26.4. The van der Waals surface area contributed by atoms with E-state index in [0.29, 0.717) is 35.2 Å². The molecule has 3 aromatic rings. The molecule has 0 aromatic heterocycles. The van der Waals surface area contributed by atoms with E-state index < -0.39 is 5.92 Å². The number of hydrogen-bond acceptors (Lipinski definition) is 5. The van der Waals surface area contributed by atoms with Gasteiger partial charge in [0.05, 0.1) is 13.0 Å². The molecule has 0 bridgehead atoms. The van der Waals surface area contributed by atoms with Gasteiger partial charge in [0.2, 0.25) is 11.8 Å². The van der Waals surface area contributed by atoms with Crippen LogP contribution in [-0.4, -0.2) is 38.0 Å². The minimum atomic E-state index is -0.430. The second-order valence-electron chi connectivity index (χ2n) is 8.77. The van der Waals surface area contributed by atoms with Gasteiger partial charge in [0.15, 0.2) is 6.61 Å². The molecular weight excluding hydrogens is 494 g/mol. The molecule has 1 aliphatic heterocycles. The number of nitrogens with zero attached hydrogens (tertiary/aromatic N) is 1. The molecule has 1 fully saturated rings. The van der Waals surface area contributed by atoms with Gasteiger partial charge in [-0.25, -0.2) is 0 Å². The molecule has 0 saturated carbocycles. The third kappa shape index (κ3) is 6.80. The maximum absolute atomic E-state index is 12.7. The Hall–Kier alpha value is -4.04. The first-order valence-corrected chi connectivity index (χ1v) is 12.2. The highest BCUT2D eigenvalue weighted by atomic mass is 35.5. The molecule has 1 aliphatic rings. The lowest BCUT2D eigenvalue weighted by Gasteiger charge is -2.17. The smallest absolute Gasteiger partial charge is 0.262 e. The third-order valence-electron chi connectivity index (χ3n) is 6.10. The topological polar surface area (TPSA) is 97.0 Å². The molecule has 37 heavy (non-hydrogen) atoms. The summed E-state index contributed by atoms with van der Waals surface area (Å²) in [6.45, 7) is 2.39. The van der Waals surface area contributed by atoms with Crippen LogP contribution >= 0.6 is 11.6 Å². The number of methoxy groups -OCH3 is 1. The molecule has 0 radical (unpaired) electrons.